The number of hydrogen-bond acceptors (Lipinski definition) is 3. The maximum atomic E-state index is 10.9. The number of Topliss-reactive ketones (excluding diaryl/α,β-unsaturated/α-hetero) is 1. The average molecular weight is 179 g/mol. The van der Waals surface area contributed by atoms with Crippen LogP contribution >= 0.6 is 0 Å². The second-order valence-corrected chi connectivity index (χ2v) is 4.21. The molecular weight excluding hydrogens is 166 g/mol. The third-order valence-corrected chi connectivity index (χ3v) is 2.00. The molecule has 4 nitrogen and oxygen atoms in total. The summed E-state index contributed by atoms with van der Waals surface area (Å²) in [5.74, 6) is -0.101. The molecule has 0 saturated carbocycles. The molecule has 0 aliphatic heterocycles. The van der Waals surface area contributed by atoms with Gasteiger partial charge < -0.3 is 0 Å². The molecule has 1 N–H and O–H groups in total. The normalized spacial score (nSPS) is 14.5. The van der Waals surface area contributed by atoms with Crippen LogP contribution in [0, 0.1) is 0 Å². The zero-order valence-corrected chi connectivity index (χ0v) is 7.73. The highest BCUT2D eigenvalue weighted by Crippen LogP contribution is 1.91. The van der Waals surface area contributed by atoms with E-state index in [1.807, 2.05) is 0 Å². The van der Waals surface area contributed by atoms with Gasteiger partial charge in [-0.1, -0.05) is 6.92 Å². The van der Waals surface area contributed by atoms with E-state index < -0.39 is 16.1 Å². The van der Waals surface area contributed by atoms with Gasteiger partial charge in [0, 0.05) is 6.42 Å². The molecule has 0 fully saturated rings. The third-order valence-electron chi connectivity index (χ3n) is 1.22. The lowest BCUT2D eigenvalue weighted by atomic mass is 10.2. The predicted octanol–water partition coefficient (Wildman–Crippen LogP) is -0.0968. The number of carbonyl (C=O) groups excluding carboxylic acids is 1. The van der Waals surface area contributed by atoms with Crippen LogP contribution in [0.4, 0.5) is 0 Å². The average Bonchev–Trinajstić information content (AvgIpc) is 1.82. The molecule has 5 heteroatoms. The highest BCUT2D eigenvalue weighted by atomic mass is 32.2. The third kappa shape index (κ3) is 4.92. The summed E-state index contributed by atoms with van der Waals surface area (Å²) in [5.41, 5.74) is 0. The van der Waals surface area contributed by atoms with Crippen LogP contribution in [0.5, 0.6) is 0 Å². The van der Waals surface area contributed by atoms with Gasteiger partial charge in [0.1, 0.15) is 5.78 Å². The molecule has 0 aromatic carbocycles. The van der Waals surface area contributed by atoms with Crippen LogP contribution in [-0.2, 0) is 14.8 Å². The van der Waals surface area contributed by atoms with Crippen LogP contribution in [0.3, 0.4) is 0 Å². The standard InChI is InChI=1S/C6H13NO3S/c1-4-6(8)5(2)7-11(3,9)10/h5,7H,4H2,1-3H3. The first-order valence-electron chi connectivity index (χ1n) is 3.37. The number of ketones is 1. The van der Waals surface area contributed by atoms with Crippen molar-refractivity contribution in [3.8, 4) is 0 Å². The van der Waals surface area contributed by atoms with Crippen molar-refractivity contribution in [3.05, 3.63) is 0 Å². The molecule has 0 bridgehead atoms. The fraction of sp³-hybridized carbons (Fsp3) is 0.833. The number of nitrogens with one attached hydrogen (secondary N) is 1. The fourth-order valence-corrected chi connectivity index (χ4v) is 1.47. The van der Waals surface area contributed by atoms with Gasteiger partial charge >= 0.3 is 0 Å². The Balaban J connectivity index is 4.09. The van der Waals surface area contributed by atoms with Gasteiger partial charge in [-0.15, -0.1) is 0 Å². The Hall–Kier alpha value is -0.420. The predicted molar refractivity (Wildman–Crippen MR) is 42.7 cm³/mol. The second-order valence-electron chi connectivity index (χ2n) is 2.43. The molecule has 0 aromatic heterocycles. The molecule has 0 aromatic rings. The Kier molecular flexibility index (Phi) is 3.68. The molecule has 0 radical (unpaired) electrons. The molecule has 0 amide bonds. The van der Waals surface area contributed by atoms with E-state index in [0.717, 1.165) is 6.26 Å². The van der Waals surface area contributed by atoms with E-state index in [1.54, 1.807) is 6.92 Å². The van der Waals surface area contributed by atoms with Crippen LogP contribution in [0.2, 0.25) is 0 Å². The minimum absolute atomic E-state index is 0.101. The van der Waals surface area contributed by atoms with E-state index in [-0.39, 0.29) is 5.78 Å². The van der Waals surface area contributed by atoms with E-state index >= 15 is 0 Å². The summed E-state index contributed by atoms with van der Waals surface area (Å²) in [6, 6.07) is -0.602. The number of hydrogen-bond donors (Lipinski definition) is 1. The molecule has 0 aliphatic rings. The SMILES string of the molecule is CCC(=O)C(C)NS(C)(=O)=O. The van der Waals surface area contributed by atoms with Crippen molar-refractivity contribution in [3.63, 3.8) is 0 Å². The lowest BCUT2D eigenvalue weighted by molar-refractivity contribution is -0.119. The maximum absolute atomic E-state index is 10.9. The Labute approximate surface area is 67.0 Å². The van der Waals surface area contributed by atoms with Gasteiger partial charge in [0.2, 0.25) is 10.0 Å². The van der Waals surface area contributed by atoms with E-state index in [1.165, 1.54) is 6.92 Å². The van der Waals surface area contributed by atoms with Gasteiger partial charge in [-0.2, -0.15) is 0 Å². The molecule has 1 atom stereocenters. The summed E-state index contributed by atoms with van der Waals surface area (Å²) >= 11 is 0. The molecular formula is C6H13NO3S. The minimum Gasteiger partial charge on any atom is -0.298 e. The topological polar surface area (TPSA) is 63.2 Å². The lowest BCUT2D eigenvalue weighted by Crippen LogP contribution is -2.37. The van der Waals surface area contributed by atoms with E-state index in [4.69, 9.17) is 0 Å². The zero-order chi connectivity index (χ0) is 9.07. The van der Waals surface area contributed by atoms with Crippen molar-refractivity contribution in [1.82, 2.24) is 4.72 Å². The molecule has 0 heterocycles. The smallest absolute Gasteiger partial charge is 0.209 e. The first-order valence-corrected chi connectivity index (χ1v) is 5.26. The maximum Gasteiger partial charge on any atom is 0.209 e. The molecule has 1 unspecified atom stereocenters. The highest BCUT2D eigenvalue weighted by molar-refractivity contribution is 7.88. The number of carbonyl (C=O) groups is 1. The van der Waals surface area contributed by atoms with Gasteiger partial charge in [0.05, 0.1) is 12.3 Å². The second kappa shape index (κ2) is 3.82. The molecule has 0 aliphatic carbocycles. The largest absolute Gasteiger partial charge is 0.298 e. The summed E-state index contributed by atoms with van der Waals surface area (Å²) in [4.78, 5) is 10.9. The van der Waals surface area contributed by atoms with Gasteiger partial charge in [-0.3, -0.25) is 4.79 Å². The summed E-state index contributed by atoms with van der Waals surface area (Å²) < 4.78 is 23.4. The highest BCUT2D eigenvalue weighted by Gasteiger charge is 2.14. The zero-order valence-electron chi connectivity index (χ0n) is 6.92. The van der Waals surface area contributed by atoms with Gasteiger partial charge in [0.15, 0.2) is 0 Å². The quantitative estimate of drug-likeness (QED) is 0.655. The van der Waals surface area contributed by atoms with Crippen molar-refractivity contribution in [2.45, 2.75) is 26.3 Å². The first-order chi connectivity index (χ1) is 4.87. The molecule has 0 spiro atoms. The number of rotatable bonds is 4. The lowest BCUT2D eigenvalue weighted by Gasteiger charge is -2.08. The van der Waals surface area contributed by atoms with Crippen molar-refractivity contribution in [2.75, 3.05) is 6.26 Å². The molecule has 0 saturated heterocycles. The Morgan fingerprint density at radius 3 is 2.27 bits per heavy atom. The van der Waals surface area contributed by atoms with E-state index in [2.05, 4.69) is 4.72 Å². The summed E-state index contributed by atoms with van der Waals surface area (Å²) in [5, 5.41) is 0. The minimum atomic E-state index is -3.25. The van der Waals surface area contributed by atoms with E-state index in [9.17, 15) is 13.2 Å². The Morgan fingerprint density at radius 2 is 2.00 bits per heavy atom. The summed E-state index contributed by atoms with van der Waals surface area (Å²) in [7, 11) is -3.25. The van der Waals surface area contributed by atoms with Crippen LogP contribution < -0.4 is 4.72 Å². The molecule has 0 rings (SSSR count). The number of sulfonamides is 1. The van der Waals surface area contributed by atoms with Crippen LogP contribution in [-0.4, -0.2) is 26.5 Å². The fourth-order valence-electron chi connectivity index (χ4n) is 0.693. The van der Waals surface area contributed by atoms with Crippen molar-refractivity contribution in [2.24, 2.45) is 0 Å². The van der Waals surface area contributed by atoms with Crippen LogP contribution in [0.1, 0.15) is 20.3 Å². The summed E-state index contributed by atoms with van der Waals surface area (Å²) in [6.07, 6.45) is 1.39. The van der Waals surface area contributed by atoms with E-state index in [0.29, 0.717) is 6.42 Å². The van der Waals surface area contributed by atoms with Gasteiger partial charge in [-0.25, -0.2) is 13.1 Å². The van der Waals surface area contributed by atoms with Crippen molar-refractivity contribution in [1.29, 1.82) is 0 Å². The van der Waals surface area contributed by atoms with Crippen molar-refractivity contribution >= 4 is 15.8 Å². The molecule has 11 heavy (non-hydrogen) atoms. The van der Waals surface area contributed by atoms with Crippen LogP contribution in [0.25, 0.3) is 0 Å². The first kappa shape index (κ1) is 10.6. The molecule has 66 valence electrons. The van der Waals surface area contributed by atoms with Crippen LogP contribution in [0.15, 0.2) is 0 Å². The van der Waals surface area contributed by atoms with Crippen molar-refractivity contribution < 1.29 is 13.2 Å². The van der Waals surface area contributed by atoms with Gasteiger partial charge in [0.25, 0.3) is 0 Å². The Bertz CT molecular complexity index is 232. The summed E-state index contributed by atoms with van der Waals surface area (Å²) in [6.45, 7) is 3.23. The van der Waals surface area contributed by atoms with Gasteiger partial charge in [-0.05, 0) is 6.92 Å². The Morgan fingerprint density at radius 1 is 1.55 bits per heavy atom. The monoisotopic (exact) mass is 179 g/mol.